The number of thiophene rings is 1. The highest BCUT2D eigenvalue weighted by Crippen LogP contribution is 2.22. The lowest BCUT2D eigenvalue weighted by Crippen LogP contribution is -2.49. The summed E-state index contributed by atoms with van der Waals surface area (Å²) in [5, 5.41) is 1.91. The van der Waals surface area contributed by atoms with Crippen LogP contribution >= 0.6 is 11.3 Å². The molecular weight excluding hydrogens is 367 g/mol. The average Bonchev–Trinajstić information content (AvgIpc) is 3.23. The number of halogens is 1. The zero-order chi connectivity index (χ0) is 18.8. The first-order chi connectivity index (χ1) is 13.1. The van der Waals surface area contributed by atoms with Crippen molar-refractivity contribution >= 4 is 22.9 Å². The number of amides is 1. The van der Waals surface area contributed by atoms with Gasteiger partial charge in [0.05, 0.1) is 10.6 Å². The second-order valence-electron chi connectivity index (χ2n) is 6.22. The van der Waals surface area contributed by atoms with Crippen molar-refractivity contribution in [2.24, 2.45) is 0 Å². The molecular formula is C19H17FN4O2S. The van der Waals surface area contributed by atoms with Crippen LogP contribution < -0.4 is 10.6 Å². The first kappa shape index (κ1) is 17.4. The van der Waals surface area contributed by atoms with E-state index in [-0.39, 0.29) is 17.4 Å². The summed E-state index contributed by atoms with van der Waals surface area (Å²) >= 11 is 1.48. The van der Waals surface area contributed by atoms with E-state index in [9.17, 15) is 14.0 Å². The Labute approximate surface area is 158 Å². The van der Waals surface area contributed by atoms with Crippen LogP contribution in [0.2, 0.25) is 0 Å². The fraction of sp³-hybridized carbons (Fsp3) is 0.211. The maximum atomic E-state index is 13.1. The van der Waals surface area contributed by atoms with Crippen molar-refractivity contribution in [3.8, 4) is 10.6 Å². The summed E-state index contributed by atoms with van der Waals surface area (Å²) in [5.41, 5.74) is 1.14. The van der Waals surface area contributed by atoms with Gasteiger partial charge in [-0.25, -0.2) is 9.18 Å². The van der Waals surface area contributed by atoms with Crippen LogP contribution in [-0.4, -0.2) is 47.0 Å². The Bertz CT molecular complexity index is 993. The molecule has 0 unspecified atom stereocenters. The van der Waals surface area contributed by atoms with Gasteiger partial charge < -0.3 is 14.8 Å². The molecule has 8 heteroatoms. The monoisotopic (exact) mass is 384 g/mol. The zero-order valence-electron chi connectivity index (χ0n) is 14.4. The molecule has 1 amide bonds. The number of aromatic amines is 1. The minimum atomic E-state index is -0.533. The second-order valence-corrected chi connectivity index (χ2v) is 7.17. The minimum absolute atomic E-state index is 0.150. The van der Waals surface area contributed by atoms with Gasteiger partial charge in [0.15, 0.2) is 0 Å². The number of hydrogen-bond donors (Lipinski definition) is 1. The molecule has 0 saturated carbocycles. The van der Waals surface area contributed by atoms with Gasteiger partial charge in [-0.3, -0.25) is 4.79 Å². The van der Waals surface area contributed by atoms with Gasteiger partial charge in [-0.1, -0.05) is 6.07 Å². The molecule has 4 rings (SSSR count). The van der Waals surface area contributed by atoms with Crippen molar-refractivity contribution < 1.29 is 9.18 Å². The van der Waals surface area contributed by atoms with E-state index in [4.69, 9.17) is 0 Å². The number of carbonyl (C=O) groups is 1. The zero-order valence-corrected chi connectivity index (χ0v) is 15.2. The van der Waals surface area contributed by atoms with E-state index in [0.29, 0.717) is 31.9 Å². The molecule has 3 heterocycles. The fourth-order valence-electron chi connectivity index (χ4n) is 3.11. The molecule has 0 aliphatic carbocycles. The van der Waals surface area contributed by atoms with Crippen LogP contribution in [0.3, 0.4) is 0 Å². The highest BCUT2D eigenvalue weighted by Gasteiger charge is 2.24. The first-order valence-corrected chi connectivity index (χ1v) is 9.43. The fourth-order valence-corrected chi connectivity index (χ4v) is 3.81. The normalized spacial score (nSPS) is 14.4. The van der Waals surface area contributed by atoms with Crippen molar-refractivity contribution in [3.05, 3.63) is 69.8 Å². The summed E-state index contributed by atoms with van der Waals surface area (Å²) in [4.78, 5) is 35.9. The van der Waals surface area contributed by atoms with Crippen LogP contribution in [0.5, 0.6) is 0 Å². The lowest BCUT2D eigenvalue weighted by molar-refractivity contribution is 0.0740. The van der Waals surface area contributed by atoms with Crippen molar-refractivity contribution in [2.45, 2.75) is 0 Å². The van der Waals surface area contributed by atoms with Gasteiger partial charge in [-0.15, -0.1) is 11.3 Å². The Kier molecular flexibility index (Phi) is 4.72. The average molecular weight is 384 g/mol. The lowest BCUT2D eigenvalue weighted by atomic mass is 10.2. The van der Waals surface area contributed by atoms with E-state index in [1.54, 1.807) is 23.1 Å². The van der Waals surface area contributed by atoms with Gasteiger partial charge in [-0.2, -0.15) is 4.98 Å². The number of nitrogens with zero attached hydrogens (tertiary/aromatic N) is 3. The molecule has 1 fully saturated rings. The van der Waals surface area contributed by atoms with Crippen molar-refractivity contribution in [2.75, 3.05) is 31.1 Å². The molecule has 3 aromatic rings. The topological polar surface area (TPSA) is 69.3 Å². The first-order valence-electron chi connectivity index (χ1n) is 8.55. The molecule has 0 bridgehead atoms. The van der Waals surface area contributed by atoms with Crippen LogP contribution in [0.4, 0.5) is 10.1 Å². The summed E-state index contributed by atoms with van der Waals surface area (Å²) in [6, 6.07) is 11.7. The maximum absolute atomic E-state index is 13.1. The lowest BCUT2D eigenvalue weighted by Gasteiger charge is -2.36. The highest BCUT2D eigenvalue weighted by molar-refractivity contribution is 7.13. The molecule has 0 spiro atoms. The summed E-state index contributed by atoms with van der Waals surface area (Å²) < 4.78 is 13.1. The molecule has 0 radical (unpaired) electrons. The molecule has 27 heavy (non-hydrogen) atoms. The van der Waals surface area contributed by atoms with E-state index in [0.717, 1.165) is 10.6 Å². The highest BCUT2D eigenvalue weighted by atomic mass is 32.1. The van der Waals surface area contributed by atoms with Crippen molar-refractivity contribution in [3.63, 3.8) is 0 Å². The van der Waals surface area contributed by atoms with Gasteiger partial charge in [-0.05, 0) is 41.8 Å². The number of anilines is 1. The van der Waals surface area contributed by atoms with Crippen molar-refractivity contribution in [1.82, 2.24) is 14.9 Å². The molecule has 2 aromatic heterocycles. The molecule has 1 aliphatic rings. The Morgan fingerprint density at radius 3 is 2.52 bits per heavy atom. The second kappa shape index (κ2) is 7.32. The Balaban J connectivity index is 1.48. The third-order valence-electron chi connectivity index (χ3n) is 4.51. The molecule has 138 valence electrons. The van der Waals surface area contributed by atoms with Crippen LogP contribution in [0.15, 0.2) is 52.6 Å². The SMILES string of the molecule is O=C(c1cc(-c2cccs2)[nH]c(=O)n1)N1CCN(c2ccc(F)cc2)CC1. The number of H-pyrrole nitrogens is 1. The maximum Gasteiger partial charge on any atom is 0.346 e. The number of aromatic nitrogens is 2. The van der Waals surface area contributed by atoms with E-state index < -0.39 is 5.69 Å². The Hall–Kier alpha value is -3.00. The van der Waals surface area contributed by atoms with E-state index in [1.165, 1.54) is 23.5 Å². The summed E-state index contributed by atoms with van der Waals surface area (Å²) in [5.74, 6) is -0.521. The van der Waals surface area contributed by atoms with Crippen molar-refractivity contribution in [1.29, 1.82) is 0 Å². The molecule has 6 nitrogen and oxygen atoms in total. The van der Waals surface area contributed by atoms with Crippen LogP contribution in [0, 0.1) is 5.82 Å². The molecule has 1 aliphatic heterocycles. The van der Waals surface area contributed by atoms with Gasteiger partial charge in [0.1, 0.15) is 11.5 Å². The van der Waals surface area contributed by atoms with Crippen LogP contribution in [0.1, 0.15) is 10.5 Å². The van der Waals surface area contributed by atoms with Gasteiger partial charge >= 0.3 is 5.69 Å². The largest absolute Gasteiger partial charge is 0.368 e. The van der Waals surface area contributed by atoms with E-state index in [1.807, 2.05) is 17.5 Å². The third kappa shape index (κ3) is 3.75. The molecule has 1 saturated heterocycles. The van der Waals surface area contributed by atoms with Gasteiger partial charge in [0, 0.05) is 31.9 Å². The van der Waals surface area contributed by atoms with Gasteiger partial charge in [0.25, 0.3) is 5.91 Å². The quantitative estimate of drug-likeness (QED) is 0.754. The standard InChI is InChI=1S/C19H17FN4O2S/c20-13-3-5-14(6-4-13)23-7-9-24(10-8-23)18(25)16-12-15(21-19(26)22-16)17-2-1-11-27-17/h1-6,11-12H,7-10H2,(H,21,22,26). The predicted octanol–water partition coefficient (Wildman–Crippen LogP) is 2.60. The minimum Gasteiger partial charge on any atom is -0.368 e. The van der Waals surface area contributed by atoms with Gasteiger partial charge in [0.2, 0.25) is 0 Å². The molecule has 1 aromatic carbocycles. The van der Waals surface area contributed by atoms with Crippen LogP contribution in [0.25, 0.3) is 10.6 Å². The van der Waals surface area contributed by atoms with E-state index in [2.05, 4.69) is 14.9 Å². The van der Waals surface area contributed by atoms with Crippen LogP contribution in [-0.2, 0) is 0 Å². The summed E-state index contributed by atoms with van der Waals surface area (Å²) in [7, 11) is 0. The Morgan fingerprint density at radius 2 is 1.85 bits per heavy atom. The van der Waals surface area contributed by atoms with E-state index >= 15 is 0 Å². The number of carbonyl (C=O) groups excluding carboxylic acids is 1. The third-order valence-corrected chi connectivity index (χ3v) is 5.41. The molecule has 0 atom stereocenters. The number of nitrogens with one attached hydrogen (secondary N) is 1. The number of benzene rings is 1. The number of piperazine rings is 1. The Morgan fingerprint density at radius 1 is 1.11 bits per heavy atom. The predicted molar refractivity (Wildman–Crippen MR) is 103 cm³/mol. The smallest absolute Gasteiger partial charge is 0.346 e. The number of rotatable bonds is 3. The molecule has 1 N–H and O–H groups in total. The summed E-state index contributed by atoms with van der Waals surface area (Å²) in [6.07, 6.45) is 0. The number of hydrogen-bond acceptors (Lipinski definition) is 5. The summed E-state index contributed by atoms with van der Waals surface area (Å²) in [6.45, 7) is 2.30.